The third-order valence-electron chi connectivity index (χ3n) is 6.38. The van der Waals surface area contributed by atoms with E-state index in [0.29, 0.717) is 23.3 Å². The molecule has 1 aromatic rings. The van der Waals surface area contributed by atoms with Crippen LogP contribution in [0.2, 0.25) is 0 Å². The number of aryl methyl sites for hydroxylation is 1. The molecule has 1 saturated carbocycles. The molecule has 0 amide bonds. The zero-order chi connectivity index (χ0) is 15.2. The van der Waals surface area contributed by atoms with Crippen molar-refractivity contribution in [2.45, 2.75) is 77.2 Å². The van der Waals surface area contributed by atoms with E-state index in [2.05, 4.69) is 45.9 Å². The first kappa shape index (κ1) is 15.1. The second kappa shape index (κ2) is 5.43. The third kappa shape index (κ3) is 2.44. The van der Waals surface area contributed by atoms with Crippen LogP contribution in [0, 0.1) is 11.8 Å². The summed E-state index contributed by atoms with van der Waals surface area (Å²) >= 11 is 0. The second-order valence-corrected chi connectivity index (χ2v) is 8.05. The minimum Gasteiger partial charge on any atom is -0.328 e. The van der Waals surface area contributed by atoms with Crippen LogP contribution in [0.5, 0.6) is 0 Å². The minimum absolute atomic E-state index is 0.339. The molecule has 2 aliphatic carbocycles. The molecule has 4 unspecified atom stereocenters. The molecule has 4 atom stereocenters. The van der Waals surface area contributed by atoms with Gasteiger partial charge < -0.3 is 5.73 Å². The molecule has 1 nitrogen and oxygen atoms in total. The molecule has 1 heteroatoms. The molecule has 1 aromatic carbocycles. The fraction of sp³-hybridized carbons (Fsp3) is 0.700. The summed E-state index contributed by atoms with van der Waals surface area (Å²) in [6.45, 7) is 9.32. The molecule has 116 valence electrons. The molecule has 2 N–H and O–H groups in total. The summed E-state index contributed by atoms with van der Waals surface area (Å²) in [5.41, 5.74) is 11.4. The summed E-state index contributed by atoms with van der Waals surface area (Å²) in [6, 6.07) is 7.63. The highest BCUT2D eigenvalue weighted by Crippen LogP contribution is 2.52. The van der Waals surface area contributed by atoms with E-state index in [1.54, 1.807) is 11.1 Å². The average molecular weight is 285 g/mol. The van der Waals surface area contributed by atoms with Crippen LogP contribution in [0.3, 0.4) is 0 Å². The molecule has 0 aliphatic heterocycles. The predicted molar refractivity (Wildman–Crippen MR) is 90.7 cm³/mol. The first-order valence-corrected chi connectivity index (χ1v) is 8.82. The number of benzene rings is 1. The van der Waals surface area contributed by atoms with Crippen molar-refractivity contribution in [3.8, 4) is 0 Å². The van der Waals surface area contributed by atoms with Crippen LogP contribution in [0.4, 0.5) is 0 Å². The normalized spacial score (nSPS) is 33.4. The van der Waals surface area contributed by atoms with Gasteiger partial charge in [-0.15, -0.1) is 0 Å². The van der Waals surface area contributed by atoms with Crippen molar-refractivity contribution in [3.05, 3.63) is 34.9 Å². The van der Waals surface area contributed by atoms with Crippen LogP contribution in [0.1, 0.15) is 76.0 Å². The molecule has 0 saturated heterocycles. The van der Waals surface area contributed by atoms with Crippen molar-refractivity contribution in [2.75, 3.05) is 0 Å². The van der Waals surface area contributed by atoms with Crippen molar-refractivity contribution in [2.24, 2.45) is 17.6 Å². The van der Waals surface area contributed by atoms with E-state index >= 15 is 0 Å². The van der Waals surface area contributed by atoms with Gasteiger partial charge in [-0.2, -0.15) is 0 Å². The molecular formula is C20H31N. The minimum atomic E-state index is 0.339. The topological polar surface area (TPSA) is 26.0 Å². The van der Waals surface area contributed by atoms with Crippen LogP contribution in [-0.2, 0) is 11.8 Å². The lowest BCUT2D eigenvalue weighted by molar-refractivity contribution is 0.0923. The molecule has 0 heterocycles. The summed E-state index contributed by atoms with van der Waals surface area (Å²) in [5.74, 6) is 2.12. The van der Waals surface area contributed by atoms with E-state index in [0.717, 1.165) is 5.92 Å². The fourth-order valence-corrected chi connectivity index (χ4v) is 5.11. The maximum atomic E-state index is 6.32. The Morgan fingerprint density at radius 3 is 2.62 bits per heavy atom. The van der Waals surface area contributed by atoms with E-state index in [1.165, 1.54) is 37.7 Å². The van der Waals surface area contributed by atoms with Gasteiger partial charge in [0, 0.05) is 6.04 Å². The Bertz CT molecular complexity index is 517. The van der Waals surface area contributed by atoms with Crippen molar-refractivity contribution >= 4 is 0 Å². The predicted octanol–water partition coefficient (Wildman–Crippen LogP) is 4.78. The van der Waals surface area contributed by atoms with Crippen LogP contribution in [-0.4, -0.2) is 6.04 Å². The SMILES string of the molecule is CC(C)c1ccc2c(c1)CCC1C(C(C)N)CCCC21C. The third-order valence-corrected chi connectivity index (χ3v) is 6.38. The molecular weight excluding hydrogens is 254 g/mol. The number of rotatable bonds is 2. The van der Waals surface area contributed by atoms with Gasteiger partial charge in [0.1, 0.15) is 0 Å². The Hall–Kier alpha value is -0.820. The average Bonchev–Trinajstić information content (AvgIpc) is 2.45. The molecule has 1 fully saturated rings. The van der Waals surface area contributed by atoms with Gasteiger partial charge in [0.15, 0.2) is 0 Å². The van der Waals surface area contributed by atoms with Crippen LogP contribution in [0.15, 0.2) is 18.2 Å². The number of hydrogen-bond acceptors (Lipinski definition) is 1. The summed E-state index contributed by atoms with van der Waals surface area (Å²) in [5, 5.41) is 0. The van der Waals surface area contributed by atoms with Crippen LogP contribution < -0.4 is 5.73 Å². The molecule has 0 bridgehead atoms. The second-order valence-electron chi connectivity index (χ2n) is 8.05. The van der Waals surface area contributed by atoms with Gasteiger partial charge in [-0.05, 0) is 72.5 Å². The zero-order valence-electron chi connectivity index (χ0n) is 14.2. The van der Waals surface area contributed by atoms with Crippen molar-refractivity contribution < 1.29 is 0 Å². The molecule has 2 aliphatic rings. The van der Waals surface area contributed by atoms with Gasteiger partial charge in [0.2, 0.25) is 0 Å². The number of fused-ring (bicyclic) bond motifs is 3. The lowest BCUT2D eigenvalue weighted by Gasteiger charge is -2.51. The van der Waals surface area contributed by atoms with E-state index in [4.69, 9.17) is 5.73 Å². The number of hydrogen-bond donors (Lipinski definition) is 1. The van der Waals surface area contributed by atoms with Crippen molar-refractivity contribution in [1.29, 1.82) is 0 Å². The Labute approximate surface area is 130 Å². The molecule has 0 aromatic heterocycles. The summed E-state index contributed by atoms with van der Waals surface area (Å²) < 4.78 is 0. The number of nitrogens with two attached hydrogens (primary N) is 1. The van der Waals surface area contributed by atoms with Gasteiger partial charge >= 0.3 is 0 Å². The quantitative estimate of drug-likeness (QED) is 0.831. The van der Waals surface area contributed by atoms with Crippen molar-refractivity contribution in [1.82, 2.24) is 0 Å². The summed E-state index contributed by atoms with van der Waals surface area (Å²) in [6.07, 6.45) is 6.59. The van der Waals surface area contributed by atoms with E-state index in [9.17, 15) is 0 Å². The van der Waals surface area contributed by atoms with Gasteiger partial charge in [-0.25, -0.2) is 0 Å². The van der Waals surface area contributed by atoms with Crippen LogP contribution >= 0.6 is 0 Å². The Balaban J connectivity index is 2.01. The fourth-order valence-electron chi connectivity index (χ4n) is 5.11. The smallest absolute Gasteiger partial charge is 0.00417 e. The maximum absolute atomic E-state index is 6.32. The van der Waals surface area contributed by atoms with Gasteiger partial charge in [-0.1, -0.05) is 45.4 Å². The first-order valence-electron chi connectivity index (χ1n) is 8.82. The van der Waals surface area contributed by atoms with Gasteiger partial charge in [0.25, 0.3) is 0 Å². The Morgan fingerprint density at radius 2 is 1.95 bits per heavy atom. The Morgan fingerprint density at radius 1 is 1.19 bits per heavy atom. The summed E-state index contributed by atoms with van der Waals surface area (Å²) in [7, 11) is 0. The molecule has 3 rings (SSSR count). The lowest BCUT2D eigenvalue weighted by atomic mass is 9.54. The van der Waals surface area contributed by atoms with Crippen molar-refractivity contribution in [3.63, 3.8) is 0 Å². The highest BCUT2D eigenvalue weighted by Gasteiger charge is 2.46. The van der Waals surface area contributed by atoms with E-state index in [1.807, 2.05) is 0 Å². The van der Waals surface area contributed by atoms with E-state index in [-0.39, 0.29) is 0 Å². The lowest BCUT2D eigenvalue weighted by Crippen LogP contribution is -2.48. The highest BCUT2D eigenvalue weighted by atomic mass is 14.7. The largest absolute Gasteiger partial charge is 0.328 e. The standard InChI is InChI=1S/C20H31N/c1-13(2)15-7-9-18-16(12-15)8-10-19-17(14(3)21)6-5-11-20(18,19)4/h7,9,12-14,17,19H,5-6,8,10-11,21H2,1-4H3. The summed E-state index contributed by atoms with van der Waals surface area (Å²) in [4.78, 5) is 0. The van der Waals surface area contributed by atoms with Crippen LogP contribution in [0.25, 0.3) is 0 Å². The van der Waals surface area contributed by atoms with E-state index < -0.39 is 0 Å². The molecule has 21 heavy (non-hydrogen) atoms. The monoisotopic (exact) mass is 285 g/mol. The first-order chi connectivity index (χ1) is 9.93. The zero-order valence-corrected chi connectivity index (χ0v) is 14.2. The molecule has 0 radical (unpaired) electrons. The molecule has 0 spiro atoms. The van der Waals surface area contributed by atoms with Gasteiger partial charge in [0.05, 0.1) is 0 Å². The Kier molecular flexibility index (Phi) is 3.90. The maximum Gasteiger partial charge on any atom is 0.00417 e. The van der Waals surface area contributed by atoms with Gasteiger partial charge in [-0.3, -0.25) is 0 Å². The highest BCUT2D eigenvalue weighted by molar-refractivity contribution is 5.41.